The van der Waals surface area contributed by atoms with E-state index >= 15 is 0 Å². The van der Waals surface area contributed by atoms with Crippen LogP contribution in [0, 0.1) is 0 Å². The molecule has 0 aliphatic carbocycles. The van der Waals surface area contributed by atoms with Crippen LogP contribution in [0.15, 0.2) is 60.7 Å². The third kappa shape index (κ3) is 44.2. The molecule has 2 aromatic rings. The molecule has 0 unspecified atom stereocenters. The Labute approximate surface area is 521 Å². The number of nitrogens with one attached hydrogen (secondary N) is 5. The SMILES string of the molecule is COC(=O)CCNC(=O)CCOCC(COCCC(=O)NCCC(C)=O)(COCCC(=O)NCCC(C)=O)NC(=O)CCC(=O)OCc1ccccc1.O=C(O)CCOCC(COCCC(=O)O)(COCCC(=O)O)NC(=O)CCC(=O)OCc1ccccc1. The van der Waals surface area contributed by atoms with E-state index in [2.05, 4.69) is 31.3 Å². The largest absolute Gasteiger partial charge is 0.481 e. The fourth-order valence-electron chi connectivity index (χ4n) is 7.24. The first-order valence-electron chi connectivity index (χ1n) is 28.9. The molecule has 502 valence electrons. The van der Waals surface area contributed by atoms with Crippen molar-refractivity contribution in [3.05, 3.63) is 71.8 Å². The Bertz CT molecular complexity index is 2440. The van der Waals surface area contributed by atoms with Crippen LogP contribution < -0.4 is 26.6 Å². The third-order valence-corrected chi connectivity index (χ3v) is 12.0. The molecule has 0 spiro atoms. The first-order valence-corrected chi connectivity index (χ1v) is 28.9. The van der Waals surface area contributed by atoms with Gasteiger partial charge < -0.3 is 84.5 Å². The van der Waals surface area contributed by atoms with Gasteiger partial charge in [0.1, 0.15) is 35.9 Å². The number of ketones is 2. The molecule has 5 amide bonds. The van der Waals surface area contributed by atoms with Gasteiger partial charge in [0, 0.05) is 64.6 Å². The van der Waals surface area contributed by atoms with Gasteiger partial charge in [-0.2, -0.15) is 0 Å². The van der Waals surface area contributed by atoms with E-state index in [-0.39, 0.29) is 219 Å². The van der Waals surface area contributed by atoms with Gasteiger partial charge in [0.2, 0.25) is 29.5 Å². The number of carbonyl (C=O) groups excluding carboxylic acids is 10. The summed E-state index contributed by atoms with van der Waals surface area (Å²) < 4.78 is 48.6. The average Bonchev–Trinajstić information content (AvgIpc) is 3.54. The minimum Gasteiger partial charge on any atom is -0.481 e. The molecule has 0 aromatic heterocycles. The maximum atomic E-state index is 13.2. The summed E-state index contributed by atoms with van der Waals surface area (Å²) in [5.41, 5.74) is -1.23. The van der Waals surface area contributed by atoms with Crippen LogP contribution in [0.5, 0.6) is 0 Å². The normalized spacial score (nSPS) is 10.9. The van der Waals surface area contributed by atoms with Gasteiger partial charge in [0.05, 0.1) is 125 Å². The molecular weight excluding hydrogens is 1190 g/mol. The van der Waals surface area contributed by atoms with E-state index in [4.69, 9.17) is 53.2 Å². The number of hydrogen-bond acceptors (Lipinski definition) is 22. The molecule has 0 aliphatic rings. The first-order chi connectivity index (χ1) is 43.0. The molecule has 0 saturated carbocycles. The van der Waals surface area contributed by atoms with Crippen molar-refractivity contribution in [3.8, 4) is 0 Å². The van der Waals surface area contributed by atoms with Crippen molar-refractivity contribution in [2.45, 2.75) is 122 Å². The fraction of sp³-hybridized carbons (Fsp3) is 0.583. The van der Waals surface area contributed by atoms with Crippen molar-refractivity contribution in [1.29, 1.82) is 0 Å². The average molecular weight is 1280 g/mol. The summed E-state index contributed by atoms with van der Waals surface area (Å²) in [6.07, 6.45) is -1.71. The highest BCUT2D eigenvalue weighted by Gasteiger charge is 2.36. The topological polar surface area (TPSA) is 426 Å². The highest BCUT2D eigenvalue weighted by Crippen LogP contribution is 2.15. The lowest BCUT2D eigenvalue weighted by molar-refractivity contribution is -0.147. The Hall–Kier alpha value is -8.29. The van der Waals surface area contributed by atoms with Crippen molar-refractivity contribution < 1.29 is 120 Å². The molecule has 30 heteroatoms. The van der Waals surface area contributed by atoms with Gasteiger partial charge >= 0.3 is 35.8 Å². The second-order valence-corrected chi connectivity index (χ2v) is 20.2. The summed E-state index contributed by atoms with van der Waals surface area (Å²) in [5, 5.41) is 39.8. The van der Waals surface area contributed by atoms with Crippen molar-refractivity contribution in [2.24, 2.45) is 0 Å². The zero-order chi connectivity index (χ0) is 66.8. The molecule has 30 nitrogen and oxygen atoms in total. The van der Waals surface area contributed by atoms with E-state index in [1.165, 1.54) is 21.0 Å². The number of carbonyl (C=O) groups is 13. The number of hydrogen-bond donors (Lipinski definition) is 8. The van der Waals surface area contributed by atoms with Crippen LogP contribution in [0.3, 0.4) is 0 Å². The predicted molar refractivity (Wildman–Crippen MR) is 314 cm³/mol. The Morgan fingerprint density at radius 2 is 0.644 bits per heavy atom. The van der Waals surface area contributed by atoms with Crippen LogP contribution in [0.25, 0.3) is 0 Å². The molecular formula is C60H87N5O25. The Morgan fingerprint density at radius 1 is 0.356 bits per heavy atom. The van der Waals surface area contributed by atoms with Crippen molar-refractivity contribution in [2.75, 3.05) is 106 Å². The maximum Gasteiger partial charge on any atom is 0.307 e. The lowest BCUT2D eigenvalue weighted by atomic mass is 10.0. The molecule has 2 rings (SSSR count). The third-order valence-electron chi connectivity index (χ3n) is 12.0. The van der Waals surface area contributed by atoms with Crippen molar-refractivity contribution in [1.82, 2.24) is 26.6 Å². The fourth-order valence-corrected chi connectivity index (χ4v) is 7.24. The number of ether oxygens (including phenoxy) is 9. The number of aliphatic carboxylic acids is 3. The van der Waals surface area contributed by atoms with E-state index in [0.717, 1.165) is 11.1 Å². The number of rotatable bonds is 51. The van der Waals surface area contributed by atoms with Gasteiger partial charge in [-0.25, -0.2) is 0 Å². The number of Topliss-reactive ketones (excluding diaryl/α,β-unsaturated/α-hetero) is 2. The van der Waals surface area contributed by atoms with Crippen LogP contribution in [-0.2, 0) is 118 Å². The maximum absolute atomic E-state index is 13.2. The summed E-state index contributed by atoms with van der Waals surface area (Å²) >= 11 is 0. The monoisotopic (exact) mass is 1280 g/mol. The van der Waals surface area contributed by atoms with Crippen LogP contribution in [-0.4, -0.2) is 209 Å². The number of carboxylic acids is 3. The highest BCUT2D eigenvalue weighted by atomic mass is 16.5. The zero-order valence-corrected chi connectivity index (χ0v) is 51.3. The number of benzene rings is 2. The lowest BCUT2D eigenvalue weighted by Crippen LogP contribution is -2.58. The number of esters is 3. The molecule has 0 fully saturated rings. The van der Waals surface area contributed by atoms with Crippen molar-refractivity contribution >= 4 is 76.9 Å². The molecule has 0 aliphatic heterocycles. The number of methoxy groups -OCH3 is 1. The summed E-state index contributed by atoms with van der Waals surface area (Å²) in [7, 11) is 1.24. The summed E-state index contributed by atoms with van der Waals surface area (Å²) in [6.45, 7) is 1.05. The van der Waals surface area contributed by atoms with E-state index in [1.54, 1.807) is 36.4 Å². The smallest absolute Gasteiger partial charge is 0.307 e. The molecule has 2 aromatic carbocycles. The van der Waals surface area contributed by atoms with Crippen LogP contribution in [0.1, 0.15) is 108 Å². The predicted octanol–water partition coefficient (Wildman–Crippen LogP) is 1.29. The van der Waals surface area contributed by atoms with E-state index in [9.17, 15) is 62.3 Å². The quantitative estimate of drug-likeness (QED) is 0.0263. The second-order valence-electron chi connectivity index (χ2n) is 20.2. The minimum atomic E-state index is -1.40. The van der Waals surface area contributed by atoms with Gasteiger partial charge in [-0.05, 0) is 25.0 Å². The Morgan fingerprint density at radius 3 is 0.922 bits per heavy atom. The molecule has 0 saturated heterocycles. The minimum absolute atomic E-state index is 0.00375. The molecule has 0 radical (unpaired) electrons. The Kier molecular flexibility index (Phi) is 43.1. The van der Waals surface area contributed by atoms with E-state index in [0.29, 0.717) is 0 Å². The van der Waals surface area contributed by atoms with Gasteiger partial charge in [-0.3, -0.25) is 62.3 Å². The summed E-state index contributed by atoms with van der Waals surface area (Å²) in [4.78, 5) is 153. The lowest BCUT2D eigenvalue weighted by Gasteiger charge is -2.34. The highest BCUT2D eigenvalue weighted by molar-refractivity contribution is 5.83. The van der Waals surface area contributed by atoms with Gasteiger partial charge in [0.25, 0.3) is 0 Å². The summed E-state index contributed by atoms with van der Waals surface area (Å²) in [5.74, 6) is -7.36. The Balaban J connectivity index is 0.000000959. The standard InChI is InChI=1S/C36H54N4O13.C24H33NO12/c1-27(41)11-17-37-30(43)14-20-50-24-36(25-51-21-15-31(44)38-18-12-28(2)42,26-52-22-16-32(45)39-19-13-34(47)49-3)40-33(46)9-10-35(48)53-23-29-7-5-4-6-8-29;26-19(6-7-23(33)37-14-18-4-2-1-3-5-18)25-24(15-34-11-8-20(27)28,16-35-12-9-21(29)30)17-36-13-10-22(31)32/h4-8H,9-26H2,1-3H3,(H,37,43)(H,38,44)(H,39,45)(H,40,46);1-5H,6-17H2,(H,25,26)(H,27,28)(H,29,30)(H,31,32). The number of carboxylic acid groups (broad SMARTS) is 3. The zero-order valence-electron chi connectivity index (χ0n) is 51.3. The number of amides is 5. The molecule has 0 bridgehead atoms. The van der Waals surface area contributed by atoms with E-state index < -0.39 is 64.6 Å². The van der Waals surface area contributed by atoms with Gasteiger partial charge in [-0.1, -0.05) is 60.7 Å². The molecule has 90 heavy (non-hydrogen) atoms. The molecule has 0 atom stereocenters. The molecule has 0 heterocycles. The van der Waals surface area contributed by atoms with Crippen molar-refractivity contribution in [3.63, 3.8) is 0 Å². The van der Waals surface area contributed by atoms with E-state index in [1.807, 2.05) is 24.3 Å². The van der Waals surface area contributed by atoms with Crippen LogP contribution in [0.2, 0.25) is 0 Å². The molecule has 8 N–H and O–H groups in total. The first kappa shape index (κ1) is 79.7. The second kappa shape index (κ2) is 48.6. The van der Waals surface area contributed by atoms with Crippen LogP contribution >= 0.6 is 0 Å². The van der Waals surface area contributed by atoms with Crippen LogP contribution in [0.4, 0.5) is 0 Å². The summed E-state index contributed by atoms with van der Waals surface area (Å²) in [6, 6.07) is 18.0. The van der Waals surface area contributed by atoms with Gasteiger partial charge in [0.15, 0.2) is 0 Å². The van der Waals surface area contributed by atoms with Gasteiger partial charge in [-0.15, -0.1) is 0 Å².